The highest BCUT2D eigenvalue weighted by atomic mass is 31.1. The van der Waals surface area contributed by atoms with Crippen LogP contribution in [-0.2, 0) is 9.13 Å². The van der Waals surface area contributed by atoms with Crippen LogP contribution in [0.4, 0.5) is 0 Å². The normalized spacial score (nSPS) is 9.80. The molecule has 1 heterocycles. The van der Waals surface area contributed by atoms with Gasteiger partial charge in [0.25, 0.3) is 0 Å². The Morgan fingerprint density at radius 1 is 1.40 bits per heavy atom. The average Bonchev–Trinajstić information content (AvgIpc) is 2.14. The van der Waals surface area contributed by atoms with Gasteiger partial charge in [-0.1, -0.05) is 0 Å². The van der Waals surface area contributed by atoms with E-state index in [1.165, 1.54) is 0 Å². The maximum absolute atomic E-state index is 10.4. The van der Waals surface area contributed by atoms with E-state index in [1.807, 2.05) is 0 Å². The van der Waals surface area contributed by atoms with E-state index >= 15 is 0 Å². The van der Waals surface area contributed by atoms with E-state index in [1.54, 1.807) is 13.8 Å². The van der Waals surface area contributed by atoms with E-state index in [-0.39, 0.29) is 5.44 Å². The van der Waals surface area contributed by atoms with Crippen LogP contribution in [0.3, 0.4) is 0 Å². The van der Waals surface area contributed by atoms with Crippen LogP contribution in [0.2, 0.25) is 0 Å². The van der Waals surface area contributed by atoms with Crippen molar-refractivity contribution in [2.75, 3.05) is 0 Å². The van der Waals surface area contributed by atoms with Crippen molar-refractivity contribution in [3.05, 3.63) is 11.3 Å². The van der Waals surface area contributed by atoms with Gasteiger partial charge in [0.2, 0.25) is 0 Å². The monoisotopic (exact) mass is 158 g/mol. The highest BCUT2D eigenvalue weighted by Gasteiger charge is 2.08. The molecule has 0 aliphatic carbocycles. The number of hydrogen-bond acceptors (Lipinski definition) is 3. The quantitative estimate of drug-likeness (QED) is 0.615. The molecule has 0 bridgehead atoms. The second kappa shape index (κ2) is 2.39. The average molecular weight is 158 g/mol. The Balaban J connectivity index is 3.31. The van der Waals surface area contributed by atoms with Gasteiger partial charge < -0.3 is 0 Å². The van der Waals surface area contributed by atoms with Crippen LogP contribution >= 0.6 is 7.68 Å². The summed E-state index contributed by atoms with van der Waals surface area (Å²) in [6.45, 7) is 3.50. The van der Waals surface area contributed by atoms with Gasteiger partial charge in [0.05, 0.1) is 0 Å². The molecule has 0 saturated heterocycles. The van der Waals surface area contributed by atoms with Crippen molar-refractivity contribution in [1.29, 1.82) is 0 Å². The summed E-state index contributed by atoms with van der Waals surface area (Å²) in [5.74, 6) is 0. The van der Waals surface area contributed by atoms with Crippen molar-refractivity contribution in [2.24, 2.45) is 0 Å². The number of rotatable bonds is 1. The highest BCUT2D eigenvalue weighted by molar-refractivity contribution is 7.40. The Morgan fingerprint density at radius 2 is 2.00 bits per heavy atom. The molecular weight excluding hydrogens is 151 g/mol. The topological polar surface area (TPSA) is 62.8 Å². The fourth-order valence-corrected chi connectivity index (χ4v) is 1.22. The first kappa shape index (κ1) is 7.22. The minimum absolute atomic E-state index is 0.146. The van der Waals surface area contributed by atoms with E-state index in [2.05, 4.69) is 10.2 Å². The zero-order valence-electron chi connectivity index (χ0n) is 5.71. The Hall–Kier alpha value is -0.890. The summed E-state index contributed by atoms with van der Waals surface area (Å²) in [5.41, 5.74) is 1.65. The Labute approximate surface area is 58.5 Å². The van der Waals surface area contributed by atoms with Gasteiger partial charge in [-0.2, -0.15) is 5.10 Å². The predicted octanol–water partition coefficient (Wildman–Crippen LogP) is 0.825. The Kier molecular flexibility index (Phi) is 1.72. The van der Waals surface area contributed by atoms with Crippen molar-refractivity contribution < 1.29 is 9.13 Å². The van der Waals surface area contributed by atoms with E-state index in [0.29, 0.717) is 5.56 Å². The lowest BCUT2D eigenvalue weighted by atomic mass is 10.3. The number of hydrogen-bond donors (Lipinski definition) is 1. The minimum Gasteiger partial charge on any atom is -0.281 e. The summed E-state index contributed by atoms with van der Waals surface area (Å²) < 4.78 is 20.8. The second-order valence-electron chi connectivity index (χ2n) is 2.05. The van der Waals surface area contributed by atoms with Gasteiger partial charge in [-0.3, -0.25) is 5.10 Å². The molecule has 0 saturated carbocycles. The zero-order chi connectivity index (χ0) is 7.72. The number of aryl methyl sites for hydroxylation is 1. The fourth-order valence-electron chi connectivity index (χ4n) is 0.650. The summed E-state index contributed by atoms with van der Waals surface area (Å²) in [4.78, 5) is 0. The first-order chi connectivity index (χ1) is 4.63. The van der Waals surface area contributed by atoms with Gasteiger partial charge in [0, 0.05) is 11.3 Å². The molecule has 0 fully saturated rings. The number of aromatic nitrogens is 2. The molecule has 1 aromatic rings. The Morgan fingerprint density at radius 3 is 2.20 bits per heavy atom. The fraction of sp³-hybridized carbons (Fsp3) is 0.400. The van der Waals surface area contributed by atoms with Crippen molar-refractivity contribution >= 4 is 13.1 Å². The first-order valence-corrected chi connectivity index (χ1v) is 3.96. The summed E-state index contributed by atoms with van der Waals surface area (Å²) in [7, 11) is -2.54. The third-order valence-electron chi connectivity index (χ3n) is 1.40. The van der Waals surface area contributed by atoms with E-state index < -0.39 is 7.68 Å². The largest absolute Gasteiger partial charge is 0.369 e. The van der Waals surface area contributed by atoms with Crippen molar-refractivity contribution in [3.63, 3.8) is 0 Å². The second-order valence-corrected chi connectivity index (χ2v) is 2.99. The highest BCUT2D eigenvalue weighted by Crippen LogP contribution is 2.08. The Bertz CT molecular complexity index is 305. The van der Waals surface area contributed by atoms with Gasteiger partial charge in [-0.05, 0) is 13.8 Å². The van der Waals surface area contributed by atoms with Crippen molar-refractivity contribution in [2.45, 2.75) is 13.8 Å². The number of nitrogens with one attached hydrogen (secondary N) is 1. The van der Waals surface area contributed by atoms with Crippen LogP contribution in [0, 0.1) is 13.8 Å². The van der Waals surface area contributed by atoms with Crippen LogP contribution in [0.15, 0.2) is 0 Å². The maximum atomic E-state index is 10.4. The predicted molar refractivity (Wildman–Crippen MR) is 36.0 cm³/mol. The molecule has 0 radical (unpaired) electrons. The molecule has 0 spiro atoms. The van der Waals surface area contributed by atoms with Gasteiger partial charge >= 0.3 is 7.68 Å². The SMILES string of the molecule is Cc1[nH]nc(P(=O)=O)c1C. The van der Waals surface area contributed by atoms with Crippen LogP contribution in [0.1, 0.15) is 11.3 Å². The molecular formula is C5H7N2O2P. The van der Waals surface area contributed by atoms with Crippen molar-refractivity contribution in [1.82, 2.24) is 10.2 Å². The molecule has 4 nitrogen and oxygen atoms in total. The molecule has 0 aliphatic rings. The molecule has 0 aromatic carbocycles. The first-order valence-electron chi connectivity index (χ1n) is 2.79. The third-order valence-corrected chi connectivity index (χ3v) is 2.18. The minimum atomic E-state index is -2.54. The van der Waals surface area contributed by atoms with Crippen LogP contribution in [0.5, 0.6) is 0 Å². The molecule has 5 heteroatoms. The summed E-state index contributed by atoms with van der Waals surface area (Å²) in [6.07, 6.45) is 0. The van der Waals surface area contributed by atoms with E-state index in [4.69, 9.17) is 0 Å². The van der Waals surface area contributed by atoms with Gasteiger partial charge in [0.15, 0.2) is 5.44 Å². The molecule has 1 aromatic heterocycles. The van der Waals surface area contributed by atoms with Crippen molar-refractivity contribution in [3.8, 4) is 0 Å². The third kappa shape index (κ3) is 1.02. The smallest absolute Gasteiger partial charge is 0.281 e. The number of aromatic amines is 1. The van der Waals surface area contributed by atoms with E-state index in [9.17, 15) is 9.13 Å². The zero-order valence-corrected chi connectivity index (χ0v) is 6.61. The number of nitrogens with zero attached hydrogens (tertiary/aromatic N) is 1. The molecule has 0 atom stereocenters. The molecule has 10 heavy (non-hydrogen) atoms. The lowest BCUT2D eigenvalue weighted by Crippen LogP contribution is -1.96. The van der Waals surface area contributed by atoms with Gasteiger partial charge in [0.1, 0.15) is 0 Å². The van der Waals surface area contributed by atoms with Gasteiger partial charge in [-0.15, -0.1) is 0 Å². The summed E-state index contributed by atoms with van der Waals surface area (Å²) in [6, 6.07) is 0. The molecule has 0 unspecified atom stereocenters. The lowest BCUT2D eigenvalue weighted by molar-refractivity contribution is 0.522. The van der Waals surface area contributed by atoms with Crippen LogP contribution in [0.25, 0.3) is 0 Å². The molecule has 0 aliphatic heterocycles. The van der Waals surface area contributed by atoms with Gasteiger partial charge in [-0.25, -0.2) is 9.13 Å². The van der Waals surface area contributed by atoms with E-state index in [0.717, 1.165) is 5.69 Å². The molecule has 1 rings (SSSR count). The number of H-pyrrole nitrogens is 1. The lowest BCUT2D eigenvalue weighted by Gasteiger charge is -1.82. The van der Waals surface area contributed by atoms with Crippen LogP contribution < -0.4 is 5.44 Å². The summed E-state index contributed by atoms with van der Waals surface area (Å²) >= 11 is 0. The maximum Gasteiger partial charge on any atom is 0.369 e. The standard InChI is InChI=1S/C5H7N2O2P/c1-3-4(2)6-7-5(3)10(8)9/h1-2H3,(H,6,7). The van der Waals surface area contributed by atoms with Crippen LogP contribution in [-0.4, -0.2) is 10.2 Å². The molecule has 54 valence electrons. The molecule has 0 amide bonds. The molecule has 1 N–H and O–H groups in total. The summed E-state index contributed by atoms with van der Waals surface area (Å²) in [5, 5.41) is 6.18.